The van der Waals surface area contributed by atoms with Crippen LogP contribution in [0.3, 0.4) is 0 Å². The van der Waals surface area contributed by atoms with Gasteiger partial charge >= 0.3 is 6.36 Å². The van der Waals surface area contributed by atoms with E-state index in [0.29, 0.717) is 24.2 Å². The highest BCUT2D eigenvalue weighted by Gasteiger charge is 2.46. The molecule has 0 saturated heterocycles. The standard InChI is InChI=1S/C19H16F4N2O3/c20-12-7-11(3-4-15(12)28-19(21,22)23)18(5-6-18)9-14(26)13-8-16(27)25-17(24-13)10-1-2-10/h3-4,7-8,10H,1-2,5-6,9H2,(H,24,25,27). The van der Waals surface area contributed by atoms with Crippen molar-refractivity contribution in [3.63, 3.8) is 0 Å². The number of ether oxygens (including phenoxy) is 1. The van der Waals surface area contributed by atoms with E-state index in [1.54, 1.807) is 0 Å². The number of carbonyl (C=O) groups is 1. The molecule has 9 heteroatoms. The quantitative estimate of drug-likeness (QED) is 0.592. The smallest absolute Gasteiger partial charge is 0.403 e. The Morgan fingerprint density at radius 2 is 1.96 bits per heavy atom. The number of halogens is 4. The van der Waals surface area contributed by atoms with Gasteiger partial charge in [0.2, 0.25) is 0 Å². The molecular formula is C19H16F4N2O3. The maximum atomic E-state index is 14.0. The second-order valence-electron chi connectivity index (χ2n) is 7.36. The van der Waals surface area contributed by atoms with E-state index in [2.05, 4.69) is 14.7 Å². The van der Waals surface area contributed by atoms with Crippen LogP contribution in [-0.4, -0.2) is 22.1 Å². The lowest BCUT2D eigenvalue weighted by atomic mass is 9.89. The van der Waals surface area contributed by atoms with Crippen LogP contribution in [0.2, 0.25) is 0 Å². The van der Waals surface area contributed by atoms with Crippen molar-refractivity contribution >= 4 is 5.78 Å². The number of nitrogens with one attached hydrogen (secondary N) is 1. The molecule has 0 aliphatic heterocycles. The summed E-state index contributed by atoms with van der Waals surface area (Å²) in [6.07, 6.45) is -1.97. The summed E-state index contributed by atoms with van der Waals surface area (Å²) < 4.78 is 54.5. The molecule has 2 aliphatic carbocycles. The molecule has 1 N–H and O–H groups in total. The van der Waals surface area contributed by atoms with E-state index >= 15 is 0 Å². The molecule has 2 saturated carbocycles. The van der Waals surface area contributed by atoms with Crippen LogP contribution in [0.25, 0.3) is 0 Å². The van der Waals surface area contributed by atoms with Gasteiger partial charge in [0.15, 0.2) is 17.3 Å². The van der Waals surface area contributed by atoms with Crippen molar-refractivity contribution in [2.75, 3.05) is 0 Å². The predicted octanol–water partition coefficient (Wildman–Crippen LogP) is 3.99. The Kier molecular flexibility index (Phi) is 4.28. The molecule has 0 spiro atoms. The highest BCUT2D eigenvalue weighted by Crippen LogP contribution is 2.52. The molecule has 2 aromatic rings. The Labute approximate surface area is 156 Å². The Bertz CT molecular complexity index is 991. The molecule has 0 bridgehead atoms. The Morgan fingerprint density at radius 3 is 2.54 bits per heavy atom. The first kappa shape index (κ1) is 18.6. The van der Waals surface area contributed by atoms with Crippen LogP contribution in [0.4, 0.5) is 17.6 Å². The molecule has 2 aliphatic rings. The van der Waals surface area contributed by atoms with Gasteiger partial charge in [-0.25, -0.2) is 9.37 Å². The summed E-state index contributed by atoms with van der Waals surface area (Å²) in [4.78, 5) is 31.4. The molecule has 0 radical (unpaired) electrons. The minimum atomic E-state index is -4.99. The van der Waals surface area contributed by atoms with E-state index in [1.807, 2.05) is 0 Å². The zero-order chi connectivity index (χ0) is 20.1. The first-order chi connectivity index (χ1) is 13.2. The van der Waals surface area contributed by atoms with Crippen molar-refractivity contribution in [1.29, 1.82) is 0 Å². The Balaban J connectivity index is 1.54. The number of hydrogen-bond acceptors (Lipinski definition) is 4. The van der Waals surface area contributed by atoms with Crippen LogP contribution in [-0.2, 0) is 5.41 Å². The minimum absolute atomic E-state index is 0.00642. The van der Waals surface area contributed by atoms with Crippen LogP contribution in [0.15, 0.2) is 29.1 Å². The number of aromatic amines is 1. The number of H-pyrrole nitrogens is 1. The average molecular weight is 396 g/mol. The van der Waals surface area contributed by atoms with Gasteiger partial charge in [0.25, 0.3) is 5.56 Å². The maximum absolute atomic E-state index is 14.0. The van der Waals surface area contributed by atoms with Gasteiger partial charge in [0.05, 0.1) is 0 Å². The van der Waals surface area contributed by atoms with Gasteiger partial charge in [-0.2, -0.15) is 0 Å². The van der Waals surface area contributed by atoms with Gasteiger partial charge in [-0.15, -0.1) is 13.2 Å². The number of alkyl halides is 3. The third kappa shape index (κ3) is 3.93. The third-order valence-corrected chi connectivity index (χ3v) is 5.13. The fourth-order valence-corrected chi connectivity index (χ4v) is 3.32. The summed E-state index contributed by atoms with van der Waals surface area (Å²) in [5, 5.41) is 0. The number of aromatic nitrogens is 2. The number of ketones is 1. The number of Topliss-reactive ketones (excluding diaryl/α,β-unsaturated/α-hetero) is 1. The fraction of sp³-hybridized carbons (Fsp3) is 0.421. The highest BCUT2D eigenvalue weighted by molar-refractivity contribution is 5.95. The van der Waals surface area contributed by atoms with Crippen molar-refractivity contribution in [3.8, 4) is 5.75 Å². The number of carbonyl (C=O) groups excluding carboxylic acids is 1. The summed E-state index contributed by atoms with van der Waals surface area (Å²) in [7, 11) is 0. The first-order valence-electron chi connectivity index (χ1n) is 8.85. The van der Waals surface area contributed by atoms with E-state index in [4.69, 9.17) is 0 Å². The molecule has 28 heavy (non-hydrogen) atoms. The summed E-state index contributed by atoms with van der Waals surface area (Å²) in [6, 6.07) is 4.37. The van der Waals surface area contributed by atoms with Crippen LogP contribution in [0.1, 0.15) is 59.9 Å². The Hall–Kier alpha value is -2.71. The molecule has 1 heterocycles. The molecule has 0 amide bonds. The molecule has 5 nitrogen and oxygen atoms in total. The molecule has 1 aromatic carbocycles. The molecule has 0 unspecified atom stereocenters. The molecule has 0 atom stereocenters. The molecular weight excluding hydrogens is 380 g/mol. The van der Waals surface area contributed by atoms with E-state index in [1.165, 1.54) is 6.07 Å². The number of hydrogen-bond donors (Lipinski definition) is 1. The van der Waals surface area contributed by atoms with Gasteiger partial charge in [-0.05, 0) is 43.4 Å². The number of nitrogens with zero attached hydrogens (tertiary/aromatic N) is 1. The topological polar surface area (TPSA) is 72.1 Å². The monoisotopic (exact) mass is 396 g/mol. The van der Waals surface area contributed by atoms with Crippen LogP contribution < -0.4 is 10.3 Å². The minimum Gasteiger partial charge on any atom is -0.403 e. The van der Waals surface area contributed by atoms with E-state index in [-0.39, 0.29) is 23.8 Å². The van der Waals surface area contributed by atoms with Crippen LogP contribution >= 0.6 is 0 Å². The van der Waals surface area contributed by atoms with Crippen LogP contribution in [0, 0.1) is 5.82 Å². The summed E-state index contributed by atoms with van der Waals surface area (Å²) in [5.41, 5.74) is -0.557. The Morgan fingerprint density at radius 1 is 1.25 bits per heavy atom. The lowest BCUT2D eigenvalue weighted by molar-refractivity contribution is -0.275. The van der Waals surface area contributed by atoms with Gasteiger partial charge in [-0.1, -0.05) is 6.07 Å². The summed E-state index contributed by atoms with van der Waals surface area (Å²) >= 11 is 0. The third-order valence-electron chi connectivity index (χ3n) is 5.13. The lowest BCUT2D eigenvalue weighted by Crippen LogP contribution is -2.20. The fourth-order valence-electron chi connectivity index (χ4n) is 3.32. The largest absolute Gasteiger partial charge is 0.573 e. The van der Waals surface area contributed by atoms with E-state index in [0.717, 1.165) is 31.0 Å². The zero-order valence-corrected chi connectivity index (χ0v) is 14.6. The first-order valence-corrected chi connectivity index (χ1v) is 8.85. The van der Waals surface area contributed by atoms with Crippen molar-refractivity contribution in [1.82, 2.24) is 9.97 Å². The molecule has 1 aromatic heterocycles. The average Bonchev–Trinajstić information content (AvgIpc) is 3.49. The summed E-state index contributed by atoms with van der Waals surface area (Å²) in [6.45, 7) is 0. The van der Waals surface area contributed by atoms with E-state index in [9.17, 15) is 27.2 Å². The van der Waals surface area contributed by atoms with Gasteiger partial charge in [0, 0.05) is 23.8 Å². The molecule has 4 rings (SSSR count). The van der Waals surface area contributed by atoms with Crippen molar-refractivity contribution in [2.24, 2.45) is 0 Å². The predicted molar refractivity (Wildman–Crippen MR) is 89.8 cm³/mol. The van der Waals surface area contributed by atoms with Crippen molar-refractivity contribution in [2.45, 2.75) is 49.8 Å². The summed E-state index contributed by atoms with van der Waals surface area (Å²) in [5.74, 6) is -1.73. The van der Waals surface area contributed by atoms with Gasteiger partial charge in [0.1, 0.15) is 11.5 Å². The van der Waals surface area contributed by atoms with Gasteiger partial charge in [-0.3, -0.25) is 9.59 Å². The number of benzene rings is 1. The van der Waals surface area contributed by atoms with E-state index < -0.39 is 28.9 Å². The van der Waals surface area contributed by atoms with Crippen molar-refractivity contribution < 1.29 is 27.1 Å². The lowest BCUT2D eigenvalue weighted by Gasteiger charge is -2.16. The van der Waals surface area contributed by atoms with Gasteiger partial charge < -0.3 is 9.72 Å². The molecule has 2 fully saturated rings. The molecule has 148 valence electrons. The normalized spacial score (nSPS) is 18.0. The number of rotatable bonds is 6. The highest BCUT2D eigenvalue weighted by atomic mass is 19.4. The SMILES string of the molecule is O=C(CC1(c2ccc(OC(F)(F)F)c(F)c2)CC1)c1cc(=O)[nH]c(C2CC2)n1. The zero-order valence-electron chi connectivity index (χ0n) is 14.6. The second kappa shape index (κ2) is 6.42. The van der Waals surface area contributed by atoms with Crippen LogP contribution in [0.5, 0.6) is 5.75 Å². The maximum Gasteiger partial charge on any atom is 0.573 e. The van der Waals surface area contributed by atoms with Crippen molar-refractivity contribution in [3.05, 3.63) is 57.5 Å². The second-order valence-corrected chi connectivity index (χ2v) is 7.36.